The Morgan fingerprint density at radius 3 is 2.77 bits per heavy atom. The number of ether oxygens (including phenoxy) is 1. The van der Waals surface area contributed by atoms with Crippen molar-refractivity contribution in [2.45, 2.75) is 38.8 Å². The molecule has 0 radical (unpaired) electrons. The molecule has 2 N–H and O–H groups in total. The van der Waals surface area contributed by atoms with Crippen molar-refractivity contribution in [2.24, 2.45) is 0 Å². The van der Waals surface area contributed by atoms with Gasteiger partial charge in [-0.2, -0.15) is 9.78 Å². The highest BCUT2D eigenvalue weighted by Crippen LogP contribution is 2.31. The molecule has 1 aliphatic rings. The van der Waals surface area contributed by atoms with Crippen LogP contribution in [-0.2, 0) is 11.2 Å². The van der Waals surface area contributed by atoms with Gasteiger partial charge in [0.1, 0.15) is 24.0 Å². The van der Waals surface area contributed by atoms with Gasteiger partial charge in [-0.05, 0) is 56.2 Å². The number of aliphatic hydroxyl groups is 1. The highest BCUT2D eigenvalue weighted by molar-refractivity contribution is 6.00. The normalized spacial score (nSPS) is 15.4. The molecule has 1 aliphatic heterocycles. The van der Waals surface area contributed by atoms with Crippen molar-refractivity contribution in [3.8, 4) is 17.6 Å². The Morgan fingerprint density at radius 2 is 2.06 bits per heavy atom. The van der Waals surface area contributed by atoms with Crippen molar-refractivity contribution in [2.75, 3.05) is 18.6 Å². The van der Waals surface area contributed by atoms with E-state index < -0.39 is 17.7 Å². The molecule has 180 valence electrons. The van der Waals surface area contributed by atoms with Crippen molar-refractivity contribution in [3.63, 3.8) is 0 Å². The molecule has 2 aromatic heterocycles. The average Bonchev–Trinajstić information content (AvgIpc) is 3.25. The standard InChI is InChI=1S/C26H27N5O4/c1-17-5-6-19(13-27-17)11-20-14-28-31(15-20)25(33)29-21-16-35-23-8-7-18(9-10-26(2,3)34)12-22(23)30(4)24(21)32/h5-8,12-15,21,34H,11,16H2,1-4H3,(H,29,33). The van der Waals surface area contributed by atoms with Gasteiger partial charge in [0.2, 0.25) is 0 Å². The number of pyridine rings is 1. The van der Waals surface area contributed by atoms with Crippen LogP contribution in [-0.4, -0.2) is 57.1 Å². The molecule has 35 heavy (non-hydrogen) atoms. The van der Waals surface area contributed by atoms with E-state index in [0.717, 1.165) is 16.8 Å². The number of benzene rings is 1. The van der Waals surface area contributed by atoms with Crippen molar-refractivity contribution in [1.29, 1.82) is 0 Å². The number of aryl methyl sites for hydroxylation is 1. The van der Waals surface area contributed by atoms with E-state index in [-0.39, 0.29) is 12.5 Å². The number of nitrogens with one attached hydrogen (secondary N) is 1. The number of hydrogen-bond acceptors (Lipinski definition) is 6. The van der Waals surface area contributed by atoms with Crippen LogP contribution in [0, 0.1) is 18.8 Å². The van der Waals surface area contributed by atoms with Crippen molar-refractivity contribution in [3.05, 3.63) is 71.3 Å². The fraction of sp³-hybridized carbons (Fsp3) is 0.308. The molecule has 2 amide bonds. The first-order valence-electron chi connectivity index (χ1n) is 11.1. The second-order valence-electron chi connectivity index (χ2n) is 8.98. The molecule has 1 atom stereocenters. The van der Waals surface area contributed by atoms with Gasteiger partial charge in [-0.1, -0.05) is 17.9 Å². The summed E-state index contributed by atoms with van der Waals surface area (Å²) in [6, 6.07) is 7.67. The second-order valence-corrected chi connectivity index (χ2v) is 8.98. The largest absolute Gasteiger partial charge is 0.489 e. The lowest BCUT2D eigenvalue weighted by Gasteiger charge is -2.20. The van der Waals surface area contributed by atoms with Crippen molar-refractivity contribution >= 4 is 17.6 Å². The summed E-state index contributed by atoms with van der Waals surface area (Å²) in [5.41, 5.74) is 2.81. The maximum Gasteiger partial charge on any atom is 0.342 e. The van der Waals surface area contributed by atoms with Crippen LogP contribution in [0.4, 0.5) is 10.5 Å². The Morgan fingerprint density at radius 1 is 1.26 bits per heavy atom. The molecule has 1 aromatic carbocycles. The molecule has 0 saturated carbocycles. The topological polar surface area (TPSA) is 110 Å². The zero-order valence-electron chi connectivity index (χ0n) is 20.1. The number of fused-ring (bicyclic) bond motifs is 1. The molecular weight excluding hydrogens is 446 g/mol. The summed E-state index contributed by atoms with van der Waals surface area (Å²) in [5, 5.41) is 16.7. The molecule has 4 rings (SSSR count). The van der Waals surface area contributed by atoms with Gasteiger partial charge in [0.15, 0.2) is 0 Å². The molecule has 3 aromatic rings. The van der Waals surface area contributed by atoms with Crippen LogP contribution in [0.25, 0.3) is 0 Å². The minimum absolute atomic E-state index is 0.0280. The molecule has 0 spiro atoms. The van der Waals surface area contributed by atoms with Crippen LogP contribution >= 0.6 is 0 Å². The Labute approximate surface area is 203 Å². The predicted octanol–water partition coefficient (Wildman–Crippen LogP) is 2.28. The van der Waals surface area contributed by atoms with Gasteiger partial charge in [-0.3, -0.25) is 9.78 Å². The van der Waals surface area contributed by atoms with Crippen molar-refractivity contribution < 1.29 is 19.4 Å². The van der Waals surface area contributed by atoms with Gasteiger partial charge in [-0.25, -0.2) is 4.79 Å². The van der Waals surface area contributed by atoms with E-state index in [4.69, 9.17) is 4.74 Å². The molecule has 9 heteroatoms. The van der Waals surface area contributed by atoms with Crippen LogP contribution in [0.3, 0.4) is 0 Å². The number of aromatic nitrogens is 3. The summed E-state index contributed by atoms with van der Waals surface area (Å²) >= 11 is 0. The molecule has 0 aliphatic carbocycles. The summed E-state index contributed by atoms with van der Waals surface area (Å²) in [5.74, 6) is 5.82. The molecule has 1 unspecified atom stereocenters. The number of likely N-dealkylation sites (N-methyl/N-ethyl adjacent to an activating group) is 1. The Kier molecular flexibility index (Phi) is 6.58. The molecule has 9 nitrogen and oxygen atoms in total. The summed E-state index contributed by atoms with van der Waals surface area (Å²) < 4.78 is 6.99. The van der Waals surface area contributed by atoms with Crippen LogP contribution in [0.5, 0.6) is 5.75 Å². The Balaban J connectivity index is 1.45. The molecule has 0 saturated heterocycles. The monoisotopic (exact) mass is 473 g/mol. The lowest BCUT2D eigenvalue weighted by atomic mass is 10.1. The SMILES string of the molecule is Cc1ccc(Cc2cnn(C(=O)NC3COc4ccc(C#CC(C)(C)O)cc4N(C)C3=O)c2)cn1. The van der Waals surface area contributed by atoms with E-state index in [1.807, 2.05) is 19.1 Å². The number of hydrogen-bond donors (Lipinski definition) is 2. The summed E-state index contributed by atoms with van der Waals surface area (Å²) in [7, 11) is 1.61. The fourth-order valence-corrected chi connectivity index (χ4v) is 3.52. The van der Waals surface area contributed by atoms with Gasteiger partial charge >= 0.3 is 6.03 Å². The van der Waals surface area contributed by atoms with Gasteiger partial charge in [0.05, 0.1) is 11.9 Å². The fourth-order valence-electron chi connectivity index (χ4n) is 3.52. The maximum atomic E-state index is 13.1. The summed E-state index contributed by atoms with van der Waals surface area (Å²) in [6.07, 6.45) is 5.62. The smallest absolute Gasteiger partial charge is 0.342 e. The van der Waals surface area contributed by atoms with Crippen LogP contribution in [0.15, 0.2) is 48.9 Å². The average molecular weight is 474 g/mol. The third kappa shape index (κ3) is 5.86. The van der Waals surface area contributed by atoms with E-state index in [0.29, 0.717) is 23.4 Å². The maximum absolute atomic E-state index is 13.1. The molecule has 0 bridgehead atoms. The summed E-state index contributed by atoms with van der Waals surface area (Å²) in [6.45, 7) is 5.08. The minimum atomic E-state index is -1.14. The van der Waals surface area contributed by atoms with E-state index in [2.05, 4.69) is 27.2 Å². The first-order chi connectivity index (χ1) is 16.6. The van der Waals surface area contributed by atoms with Gasteiger partial charge in [-0.15, -0.1) is 0 Å². The Hall–Kier alpha value is -4.16. The molecule has 0 fully saturated rings. The lowest BCUT2D eigenvalue weighted by molar-refractivity contribution is -0.120. The predicted molar refractivity (Wildman–Crippen MR) is 130 cm³/mol. The summed E-state index contributed by atoms with van der Waals surface area (Å²) in [4.78, 5) is 31.6. The first-order valence-corrected chi connectivity index (χ1v) is 11.1. The van der Waals surface area contributed by atoms with Gasteiger partial charge in [0.25, 0.3) is 5.91 Å². The number of anilines is 1. The van der Waals surface area contributed by atoms with E-state index in [1.165, 1.54) is 9.58 Å². The molecular formula is C26H27N5O4. The highest BCUT2D eigenvalue weighted by Gasteiger charge is 2.31. The third-order valence-corrected chi connectivity index (χ3v) is 5.39. The van der Waals surface area contributed by atoms with E-state index >= 15 is 0 Å². The van der Waals surface area contributed by atoms with Gasteiger partial charge < -0.3 is 20.1 Å². The third-order valence-electron chi connectivity index (χ3n) is 5.39. The minimum Gasteiger partial charge on any atom is -0.489 e. The van der Waals surface area contributed by atoms with E-state index in [1.54, 1.807) is 57.7 Å². The number of carbonyl (C=O) groups excluding carboxylic acids is 2. The van der Waals surface area contributed by atoms with Crippen molar-refractivity contribution in [1.82, 2.24) is 20.1 Å². The quantitative estimate of drug-likeness (QED) is 0.565. The molecule has 3 heterocycles. The van der Waals surface area contributed by atoms with Crippen LogP contribution < -0.4 is 15.0 Å². The number of carbonyl (C=O) groups is 2. The van der Waals surface area contributed by atoms with E-state index in [9.17, 15) is 14.7 Å². The number of rotatable bonds is 3. The number of nitrogens with zero attached hydrogens (tertiary/aromatic N) is 4. The van der Waals surface area contributed by atoms with Crippen LogP contribution in [0.1, 0.15) is 36.2 Å². The highest BCUT2D eigenvalue weighted by atomic mass is 16.5. The number of amides is 2. The zero-order chi connectivity index (χ0) is 25.2. The van der Waals surface area contributed by atoms with Gasteiger partial charge in [0, 0.05) is 37.1 Å². The van der Waals surface area contributed by atoms with Crippen LogP contribution in [0.2, 0.25) is 0 Å². The zero-order valence-corrected chi connectivity index (χ0v) is 20.1. The second kappa shape index (κ2) is 9.60. The lowest BCUT2D eigenvalue weighted by Crippen LogP contribution is -2.50. The first kappa shape index (κ1) is 24.0. The Bertz CT molecular complexity index is 1310.